The molecule has 19 heavy (non-hydrogen) atoms. The van der Waals surface area contributed by atoms with Crippen LogP contribution in [0.1, 0.15) is 16.1 Å². The molecule has 106 valence electrons. The molecule has 1 aromatic heterocycles. The lowest BCUT2D eigenvalue weighted by Crippen LogP contribution is -2.20. The second-order valence-corrected chi connectivity index (χ2v) is 3.25. The zero-order valence-electron chi connectivity index (χ0n) is 10.1. The van der Waals surface area contributed by atoms with Crippen molar-refractivity contribution in [1.82, 2.24) is 4.98 Å². The molecule has 0 fully saturated rings. The minimum Gasteiger partial charge on any atom is -0.491 e. The Morgan fingerprint density at radius 2 is 2.05 bits per heavy atom. The van der Waals surface area contributed by atoms with E-state index in [2.05, 4.69) is 14.5 Å². The monoisotopic (exact) mass is 280 g/mol. The summed E-state index contributed by atoms with van der Waals surface area (Å²) >= 11 is 0. The van der Waals surface area contributed by atoms with Crippen molar-refractivity contribution < 1.29 is 32.2 Å². The summed E-state index contributed by atoms with van der Waals surface area (Å²) in [5, 5.41) is 0. The number of pyridine rings is 1. The van der Waals surface area contributed by atoms with Gasteiger partial charge in [0, 0.05) is 12.1 Å². The molecule has 6 nitrogen and oxygen atoms in total. The number of ether oxygens (including phenoxy) is 3. The first kappa shape index (κ1) is 15.0. The zero-order chi connectivity index (χ0) is 14.6. The Labute approximate surface area is 106 Å². The Hall–Kier alpha value is -2.03. The van der Waals surface area contributed by atoms with E-state index in [1.807, 2.05) is 0 Å². The molecule has 0 spiro atoms. The van der Waals surface area contributed by atoms with Crippen LogP contribution in [-0.2, 0) is 11.3 Å². The van der Waals surface area contributed by atoms with Crippen LogP contribution in [0.25, 0.3) is 0 Å². The standard InChI is InChI=1S/C10H11F3N2O4/c1-17-7-5(4-14)3-6(9(16)18-2)15-8(7)19-10(11,12)13/h3H,4,14H2,1-2H3. The number of carbonyl (C=O) groups is 1. The summed E-state index contributed by atoms with van der Waals surface area (Å²) in [5.41, 5.74) is 5.15. The molecular formula is C10H11F3N2O4. The number of nitrogens with two attached hydrogens (primary N) is 1. The Bertz CT molecular complexity index is 477. The molecule has 1 heterocycles. The minimum atomic E-state index is -4.97. The first-order valence-electron chi connectivity index (χ1n) is 4.94. The average Bonchev–Trinajstić information content (AvgIpc) is 2.34. The molecule has 0 unspecified atom stereocenters. The van der Waals surface area contributed by atoms with E-state index in [1.165, 1.54) is 6.07 Å². The van der Waals surface area contributed by atoms with E-state index in [1.54, 1.807) is 0 Å². The number of halogens is 3. The zero-order valence-corrected chi connectivity index (χ0v) is 10.1. The van der Waals surface area contributed by atoms with Gasteiger partial charge in [-0.25, -0.2) is 9.78 Å². The van der Waals surface area contributed by atoms with Gasteiger partial charge < -0.3 is 19.9 Å². The maximum atomic E-state index is 12.2. The fourth-order valence-electron chi connectivity index (χ4n) is 1.32. The molecule has 0 aromatic carbocycles. The SMILES string of the molecule is COC(=O)c1cc(CN)c(OC)c(OC(F)(F)F)n1. The molecule has 0 aliphatic rings. The van der Waals surface area contributed by atoms with Crippen molar-refractivity contribution >= 4 is 5.97 Å². The third kappa shape index (κ3) is 3.71. The van der Waals surface area contributed by atoms with E-state index < -0.39 is 18.2 Å². The number of hydrogen-bond acceptors (Lipinski definition) is 6. The van der Waals surface area contributed by atoms with Crippen LogP contribution in [0.4, 0.5) is 13.2 Å². The minimum absolute atomic E-state index is 0.136. The molecule has 0 radical (unpaired) electrons. The highest BCUT2D eigenvalue weighted by molar-refractivity contribution is 5.87. The number of methoxy groups -OCH3 is 2. The van der Waals surface area contributed by atoms with Crippen LogP contribution < -0.4 is 15.2 Å². The number of esters is 1. The van der Waals surface area contributed by atoms with Gasteiger partial charge >= 0.3 is 12.3 Å². The van der Waals surface area contributed by atoms with Crippen molar-refractivity contribution in [3.8, 4) is 11.6 Å². The summed E-state index contributed by atoms with van der Waals surface area (Å²) in [6, 6.07) is 1.17. The van der Waals surface area contributed by atoms with Gasteiger partial charge in [-0.1, -0.05) is 0 Å². The smallest absolute Gasteiger partial charge is 0.491 e. The fourth-order valence-corrected chi connectivity index (χ4v) is 1.32. The van der Waals surface area contributed by atoms with E-state index >= 15 is 0 Å². The molecule has 1 rings (SSSR count). The highest BCUT2D eigenvalue weighted by Gasteiger charge is 2.34. The van der Waals surface area contributed by atoms with Crippen molar-refractivity contribution in [3.05, 3.63) is 17.3 Å². The van der Waals surface area contributed by atoms with Gasteiger partial charge in [0.25, 0.3) is 5.88 Å². The summed E-state index contributed by atoms with van der Waals surface area (Å²) in [7, 11) is 2.21. The maximum Gasteiger partial charge on any atom is 0.574 e. The molecule has 0 bridgehead atoms. The number of carbonyl (C=O) groups excluding carboxylic acids is 1. The summed E-state index contributed by atoms with van der Waals surface area (Å²) in [4.78, 5) is 14.7. The summed E-state index contributed by atoms with van der Waals surface area (Å²) in [6.45, 7) is -0.163. The van der Waals surface area contributed by atoms with Crippen molar-refractivity contribution in [2.75, 3.05) is 14.2 Å². The lowest BCUT2D eigenvalue weighted by atomic mass is 10.2. The molecule has 0 saturated heterocycles. The van der Waals surface area contributed by atoms with Crippen molar-refractivity contribution in [2.45, 2.75) is 12.9 Å². The molecule has 0 aliphatic heterocycles. The molecule has 1 aromatic rings. The lowest BCUT2D eigenvalue weighted by Gasteiger charge is -2.15. The molecule has 0 atom stereocenters. The van der Waals surface area contributed by atoms with E-state index in [4.69, 9.17) is 10.5 Å². The fraction of sp³-hybridized carbons (Fsp3) is 0.400. The Morgan fingerprint density at radius 3 is 2.47 bits per heavy atom. The van der Waals surface area contributed by atoms with Gasteiger partial charge in [0.15, 0.2) is 11.4 Å². The molecule has 9 heteroatoms. The normalized spacial score (nSPS) is 11.1. The Kier molecular flexibility index (Phi) is 4.54. The summed E-state index contributed by atoms with van der Waals surface area (Å²) in [6.07, 6.45) is -4.97. The van der Waals surface area contributed by atoms with Crippen LogP contribution in [0.5, 0.6) is 11.6 Å². The third-order valence-corrected chi connectivity index (χ3v) is 2.05. The topological polar surface area (TPSA) is 83.7 Å². The van der Waals surface area contributed by atoms with Gasteiger partial charge in [-0.2, -0.15) is 0 Å². The van der Waals surface area contributed by atoms with Gasteiger partial charge in [-0.05, 0) is 6.07 Å². The predicted molar refractivity (Wildman–Crippen MR) is 56.7 cm³/mol. The van der Waals surface area contributed by atoms with Crippen LogP contribution in [0.2, 0.25) is 0 Å². The average molecular weight is 280 g/mol. The predicted octanol–water partition coefficient (Wildman–Crippen LogP) is 1.23. The summed E-state index contributed by atoms with van der Waals surface area (Å²) in [5.74, 6) is -2.09. The highest BCUT2D eigenvalue weighted by Crippen LogP contribution is 2.33. The van der Waals surface area contributed by atoms with Crippen molar-refractivity contribution in [3.63, 3.8) is 0 Å². The van der Waals surface area contributed by atoms with Gasteiger partial charge in [-0.3, -0.25) is 0 Å². The van der Waals surface area contributed by atoms with Gasteiger partial charge in [-0.15, -0.1) is 13.2 Å². The largest absolute Gasteiger partial charge is 0.574 e. The van der Waals surface area contributed by atoms with Crippen molar-refractivity contribution in [1.29, 1.82) is 0 Å². The van der Waals surface area contributed by atoms with Gasteiger partial charge in [0.1, 0.15) is 0 Å². The quantitative estimate of drug-likeness (QED) is 0.835. The first-order chi connectivity index (χ1) is 8.82. The Morgan fingerprint density at radius 1 is 1.42 bits per heavy atom. The first-order valence-corrected chi connectivity index (χ1v) is 4.94. The van der Waals surface area contributed by atoms with Gasteiger partial charge in [0.05, 0.1) is 14.2 Å². The molecular weight excluding hydrogens is 269 g/mol. The van der Waals surface area contributed by atoms with Crippen LogP contribution in [0.15, 0.2) is 6.07 Å². The van der Waals surface area contributed by atoms with Crippen molar-refractivity contribution in [2.24, 2.45) is 5.73 Å². The van der Waals surface area contributed by atoms with E-state index in [0.29, 0.717) is 0 Å². The highest BCUT2D eigenvalue weighted by atomic mass is 19.4. The second kappa shape index (κ2) is 5.74. The van der Waals surface area contributed by atoms with Crippen LogP contribution >= 0.6 is 0 Å². The van der Waals surface area contributed by atoms with Crippen LogP contribution in [0.3, 0.4) is 0 Å². The molecule has 2 N–H and O–H groups in total. The third-order valence-electron chi connectivity index (χ3n) is 2.05. The lowest BCUT2D eigenvalue weighted by molar-refractivity contribution is -0.276. The Balaban J connectivity index is 3.35. The maximum absolute atomic E-state index is 12.2. The molecule has 0 amide bonds. The number of hydrogen-bond donors (Lipinski definition) is 1. The number of nitrogens with zero attached hydrogens (tertiary/aromatic N) is 1. The number of alkyl halides is 3. The molecule has 0 saturated carbocycles. The van der Waals surface area contributed by atoms with Crippen LogP contribution in [-0.4, -0.2) is 31.5 Å². The number of aromatic nitrogens is 1. The van der Waals surface area contributed by atoms with Crippen LogP contribution in [0, 0.1) is 0 Å². The van der Waals surface area contributed by atoms with Gasteiger partial charge in [0.2, 0.25) is 0 Å². The summed E-state index contributed by atoms with van der Waals surface area (Å²) < 4.78 is 49.6. The van der Waals surface area contributed by atoms with E-state index in [9.17, 15) is 18.0 Å². The van der Waals surface area contributed by atoms with E-state index in [-0.39, 0.29) is 23.6 Å². The van der Waals surface area contributed by atoms with E-state index in [0.717, 1.165) is 14.2 Å². The second-order valence-electron chi connectivity index (χ2n) is 3.25. The molecule has 0 aliphatic carbocycles. The number of rotatable bonds is 4.